The van der Waals surface area contributed by atoms with Crippen molar-refractivity contribution < 1.29 is 4.74 Å². The van der Waals surface area contributed by atoms with E-state index in [4.69, 9.17) is 4.74 Å². The molecule has 0 radical (unpaired) electrons. The summed E-state index contributed by atoms with van der Waals surface area (Å²) >= 11 is 1.18. The Bertz CT molecular complexity index is 476. The predicted octanol–water partition coefficient (Wildman–Crippen LogP) is 1.43. The first-order chi connectivity index (χ1) is 8.86. The summed E-state index contributed by atoms with van der Waals surface area (Å²) in [6.45, 7) is 2.97. The van der Waals surface area contributed by atoms with Gasteiger partial charge in [-0.05, 0) is 13.0 Å². The molecule has 0 spiro atoms. The average molecular weight is 265 g/mol. The van der Waals surface area contributed by atoms with Gasteiger partial charge in [0.2, 0.25) is 5.88 Å². The summed E-state index contributed by atoms with van der Waals surface area (Å²) in [4.78, 5) is 8.51. The highest BCUT2D eigenvalue weighted by atomic mass is 32.1. The van der Waals surface area contributed by atoms with Gasteiger partial charge < -0.3 is 10.1 Å². The van der Waals surface area contributed by atoms with Gasteiger partial charge in [-0.3, -0.25) is 4.98 Å². The molecule has 6 nitrogen and oxygen atoms in total. The molecule has 1 N–H and O–H groups in total. The molecule has 0 saturated carbocycles. The van der Waals surface area contributed by atoms with E-state index in [9.17, 15) is 0 Å². The van der Waals surface area contributed by atoms with Crippen molar-refractivity contribution in [2.24, 2.45) is 0 Å². The van der Waals surface area contributed by atoms with Crippen LogP contribution in [0.4, 0.5) is 0 Å². The van der Waals surface area contributed by atoms with Crippen molar-refractivity contribution in [2.75, 3.05) is 13.7 Å². The zero-order valence-corrected chi connectivity index (χ0v) is 11.1. The van der Waals surface area contributed by atoms with Gasteiger partial charge in [0.25, 0.3) is 0 Å². The summed E-state index contributed by atoms with van der Waals surface area (Å²) in [5.41, 5.74) is 1.58. The summed E-state index contributed by atoms with van der Waals surface area (Å²) < 4.78 is 13.5. The van der Waals surface area contributed by atoms with E-state index in [2.05, 4.69) is 31.0 Å². The second-order valence-corrected chi connectivity index (χ2v) is 4.23. The van der Waals surface area contributed by atoms with Crippen LogP contribution in [0.15, 0.2) is 18.6 Å². The van der Waals surface area contributed by atoms with Crippen LogP contribution in [-0.4, -0.2) is 32.4 Å². The van der Waals surface area contributed by atoms with Crippen LogP contribution in [0.25, 0.3) is 0 Å². The lowest BCUT2D eigenvalue weighted by atomic mass is 10.1. The van der Waals surface area contributed by atoms with Crippen molar-refractivity contribution in [2.45, 2.75) is 19.4 Å². The maximum absolute atomic E-state index is 5.25. The first kappa shape index (κ1) is 12.8. The maximum Gasteiger partial charge on any atom is 0.237 e. The predicted molar refractivity (Wildman–Crippen MR) is 68.6 cm³/mol. The van der Waals surface area contributed by atoms with Gasteiger partial charge in [-0.1, -0.05) is 6.92 Å². The molecule has 18 heavy (non-hydrogen) atoms. The third-order valence-corrected chi connectivity index (χ3v) is 2.92. The number of nitrogens with zero attached hydrogens (tertiary/aromatic N) is 4. The highest BCUT2D eigenvalue weighted by Gasteiger charge is 2.22. The molecular formula is C11H15N5OS. The van der Waals surface area contributed by atoms with Crippen LogP contribution in [0.3, 0.4) is 0 Å². The maximum atomic E-state index is 5.25. The van der Waals surface area contributed by atoms with E-state index in [1.165, 1.54) is 11.7 Å². The van der Waals surface area contributed by atoms with Crippen LogP contribution in [0.5, 0.6) is 5.88 Å². The third kappa shape index (κ3) is 2.80. The summed E-state index contributed by atoms with van der Waals surface area (Å²) in [5.74, 6) is 0.513. The second-order valence-electron chi connectivity index (χ2n) is 3.67. The molecule has 2 rings (SSSR count). The largest absolute Gasteiger partial charge is 0.480 e. The quantitative estimate of drug-likeness (QED) is 0.851. The van der Waals surface area contributed by atoms with Crippen LogP contribution in [0.2, 0.25) is 0 Å². The van der Waals surface area contributed by atoms with Crippen molar-refractivity contribution in [3.05, 3.63) is 30.0 Å². The molecule has 7 heteroatoms. The normalized spacial score (nSPS) is 12.3. The first-order valence-electron chi connectivity index (χ1n) is 5.72. The average Bonchev–Trinajstić information content (AvgIpc) is 2.94. The van der Waals surface area contributed by atoms with E-state index in [0.717, 1.165) is 24.4 Å². The zero-order chi connectivity index (χ0) is 12.8. The Labute approximate surface area is 110 Å². The van der Waals surface area contributed by atoms with E-state index in [0.29, 0.717) is 5.88 Å². The minimum Gasteiger partial charge on any atom is -0.480 e. The minimum atomic E-state index is -0.132. The zero-order valence-electron chi connectivity index (χ0n) is 10.3. The lowest BCUT2D eigenvalue weighted by Crippen LogP contribution is -2.25. The van der Waals surface area contributed by atoms with Crippen molar-refractivity contribution in [3.8, 4) is 5.88 Å². The number of ether oxygens (including phenoxy) is 1. The fraction of sp³-hybridized carbons (Fsp3) is 0.455. The van der Waals surface area contributed by atoms with Crippen molar-refractivity contribution in [1.82, 2.24) is 24.0 Å². The Morgan fingerprint density at radius 3 is 2.89 bits per heavy atom. The molecule has 2 heterocycles. The lowest BCUT2D eigenvalue weighted by Gasteiger charge is -2.16. The van der Waals surface area contributed by atoms with Crippen molar-refractivity contribution >= 4 is 11.7 Å². The number of rotatable bonds is 6. The molecule has 0 fully saturated rings. The Kier molecular flexibility index (Phi) is 4.54. The molecule has 0 amide bonds. The Balaban J connectivity index is 2.33. The number of methoxy groups -OCH3 is 1. The Hall–Kier alpha value is -1.60. The summed E-state index contributed by atoms with van der Waals surface area (Å²) in [6, 6.07) is -0.132. The summed E-state index contributed by atoms with van der Waals surface area (Å²) in [5, 5.41) is 3.38. The molecular weight excluding hydrogens is 250 g/mol. The van der Waals surface area contributed by atoms with E-state index >= 15 is 0 Å². The van der Waals surface area contributed by atoms with E-state index in [-0.39, 0.29) is 6.04 Å². The molecule has 1 atom stereocenters. The van der Waals surface area contributed by atoms with Gasteiger partial charge in [-0.25, -0.2) is 4.98 Å². The molecule has 1 unspecified atom stereocenters. The van der Waals surface area contributed by atoms with Crippen molar-refractivity contribution in [3.63, 3.8) is 0 Å². The number of hydrogen-bond donors (Lipinski definition) is 1. The van der Waals surface area contributed by atoms with Gasteiger partial charge in [-0.2, -0.15) is 8.75 Å². The summed E-state index contributed by atoms with van der Waals surface area (Å²) in [7, 11) is 1.59. The van der Waals surface area contributed by atoms with Crippen LogP contribution in [-0.2, 0) is 0 Å². The summed E-state index contributed by atoms with van der Waals surface area (Å²) in [6.07, 6.45) is 6.03. The Morgan fingerprint density at radius 1 is 1.39 bits per heavy atom. The highest BCUT2D eigenvalue weighted by molar-refractivity contribution is 6.99. The molecule has 0 aliphatic heterocycles. The molecule has 96 valence electrons. The third-order valence-electron chi connectivity index (χ3n) is 2.43. The number of aromatic nitrogens is 4. The van der Waals surface area contributed by atoms with Gasteiger partial charge in [0.15, 0.2) is 0 Å². The topological polar surface area (TPSA) is 72.8 Å². The number of nitrogens with one attached hydrogen (secondary N) is 1. The van der Waals surface area contributed by atoms with E-state index < -0.39 is 0 Å². The first-order valence-corrected chi connectivity index (χ1v) is 6.45. The number of hydrogen-bond acceptors (Lipinski definition) is 7. The lowest BCUT2D eigenvalue weighted by molar-refractivity contribution is 0.382. The van der Waals surface area contributed by atoms with Gasteiger partial charge in [0.05, 0.1) is 30.7 Å². The minimum absolute atomic E-state index is 0.132. The SMILES string of the molecule is CCCNC(c1cnsn1)c1nccnc1OC. The molecule has 0 aliphatic rings. The molecule has 0 aromatic carbocycles. The van der Waals surface area contributed by atoms with Crippen LogP contribution in [0.1, 0.15) is 30.8 Å². The van der Waals surface area contributed by atoms with E-state index in [1.54, 1.807) is 25.7 Å². The van der Waals surface area contributed by atoms with Gasteiger partial charge in [-0.15, -0.1) is 0 Å². The molecule has 0 bridgehead atoms. The molecule has 2 aromatic heterocycles. The molecule has 0 saturated heterocycles. The monoisotopic (exact) mass is 265 g/mol. The van der Waals surface area contributed by atoms with Gasteiger partial charge >= 0.3 is 0 Å². The second kappa shape index (κ2) is 6.36. The smallest absolute Gasteiger partial charge is 0.237 e. The van der Waals surface area contributed by atoms with E-state index in [1.807, 2.05) is 0 Å². The molecule has 0 aliphatic carbocycles. The van der Waals surface area contributed by atoms with Crippen LogP contribution in [0, 0.1) is 0 Å². The van der Waals surface area contributed by atoms with Crippen LogP contribution >= 0.6 is 11.7 Å². The molecule has 2 aromatic rings. The fourth-order valence-corrected chi connectivity index (χ4v) is 2.07. The van der Waals surface area contributed by atoms with Crippen molar-refractivity contribution in [1.29, 1.82) is 0 Å². The fourth-order valence-electron chi connectivity index (χ4n) is 1.62. The highest BCUT2D eigenvalue weighted by Crippen LogP contribution is 2.25. The van der Waals surface area contributed by atoms with Gasteiger partial charge in [0, 0.05) is 12.4 Å². The standard InChI is InChI=1S/C11H15N5OS/c1-3-4-12-9(8-7-15-18-16-8)10-11(17-2)14-6-5-13-10/h5-7,9,12H,3-4H2,1-2H3. The Morgan fingerprint density at radius 2 is 2.22 bits per heavy atom. The van der Waals surface area contributed by atoms with Gasteiger partial charge in [0.1, 0.15) is 11.7 Å². The van der Waals surface area contributed by atoms with Crippen LogP contribution < -0.4 is 10.1 Å².